The molecule has 0 saturated heterocycles. The van der Waals surface area contributed by atoms with Gasteiger partial charge in [-0.2, -0.15) is 0 Å². The highest BCUT2D eigenvalue weighted by atomic mass is 19.4. The molecule has 11 heteroatoms. The van der Waals surface area contributed by atoms with Gasteiger partial charge in [-0.1, -0.05) is 36.4 Å². The number of hydrogen-bond acceptors (Lipinski definition) is 4. The molecule has 0 unspecified atom stereocenters. The van der Waals surface area contributed by atoms with Crippen molar-refractivity contribution in [1.82, 2.24) is 20.1 Å². The predicted octanol–water partition coefficient (Wildman–Crippen LogP) is 4.72. The van der Waals surface area contributed by atoms with Crippen LogP contribution in [0.25, 0.3) is 22.4 Å². The van der Waals surface area contributed by atoms with Gasteiger partial charge in [0.15, 0.2) is 0 Å². The number of ether oxygens (including phenoxy) is 1. The van der Waals surface area contributed by atoms with Gasteiger partial charge in [-0.3, -0.25) is 4.79 Å². The topological polar surface area (TPSA) is 95.8 Å². The number of benzene rings is 2. The first kappa shape index (κ1) is 26.1. The van der Waals surface area contributed by atoms with E-state index in [1.807, 2.05) is 47.8 Å². The van der Waals surface area contributed by atoms with Crippen LogP contribution in [0.15, 0.2) is 54.6 Å². The van der Waals surface area contributed by atoms with Gasteiger partial charge in [-0.25, -0.2) is 4.79 Å². The first-order valence-corrected chi connectivity index (χ1v) is 11.6. The van der Waals surface area contributed by atoms with Gasteiger partial charge in [0, 0.05) is 25.2 Å². The summed E-state index contributed by atoms with van der Waals surface area (Å²) in [5.74, 6) is -0.685. The summed E-state index contributed by atoms with van der Waals surface area (Å²) >= 11 is 0. The van der Waals surface area contributed by atoms with E-state index in [2.05, 4.69) is 15.4 Å². The van der Waals surface area contributed by atoms with E-state index >= 15 is 0 Å². The summed E-state index contributed by atoms with van der Waals surface area (Å²) in [5.41, 5.74) is 3.86. The van der Waals surface area contributed by atoms with E-state index in [9.17, 15) is 22.8 Å². The zero-order chi connectivity index (χ0) is 26.7. The van der Waals surface area contributed by atoms with E-state index in [1.165, 1.54) is 18.2 Å². The molecule has 0 bridgehead atoms. The third-order valence-electron chi connectivity index (χ3n) is 5.99. The number of hydrogen-bond donors (Lipinski definition) is 3. The molecule has 1 aliphatic heterocycles. The van der Waals surface area contributed by atoms with E-state index in [0.717, 1.165) is 17.7 Å². The van der Waals surface area contributed by atoms with E-state index < -0.39 is 12.5 Å². The monoisotopic (exact) mass is 516 g/mol. The third kappa shape index (κ3) is 6.23. The molecular formula is C26H27F3N4O4. The Morgan fingerprint density at radius 3 is 2.54 bits per heavy atom. The lowest BCUT2D eigenvalue weighted by atomic mass is 9.99. The van der Waals surface area contributed by atoms with Crippen molar-refractivity contribution in [1.29, 1.82) is 0 Å². The largest absolute Gasteiger partial charge is 0.573 e. The van der Waals surface area contributed by atoms with Crippen LogP contribution in [-0.4, -0.2) is 60.1 Å². The number of carbonyl (C=O) groups excluding carboxylic acids is 1. The molecular weight excluding hydrogens is 489 g/mol. The Kier molecular flexibility index (Phi) is 7.44. The molecule has 0 fully saturated rings. The lowest BCUT2D eigenvalue weighted by molar-refractivity contribution is -0.274. The predicted molar refractivity (Wildman–Crippen MR) is 131 cm³/mol. The minimum atomic E-state index is -4.84. The summed E-state index contributed by atoms with van der Waals surface area (Å²) in [7, 11) is 3.92. The molecule has 0 saturated carbocycles. The van der Waals surface area contributed by atoms with Gasteiger partial charge in [0.25, 0.3) is 5.91 Å². The molecule has 0 aliphatic carbocycles. The number of nitrogens with zero attached hydrogens (tertiary/aromatic N) is 2. The summed E-state index contributed by atoms with van der Waals surface area (Å²) < 4.78 is 44.6. The van der Waals surface area contributed by atoms with Crippen molar-refractivity contribution in [3.63, 3.8) is 0 Å². The number of carbonyl (C=O) groups is 2. The molecule has 3 N–H and O–H groups in total. The Hall–Kier alpha value is -3.99. The van der Waals surface area contributed by atoms with Gasteiger partial charge in [0.05, 0.1) is 11.7 Å². The van der Waals surface area contributed by atoms with Crippen molar-refractivity contribution in [3.05, 3.63) is 65.9 Å². The molecule has 3 aromatic rings. The summed E-state index contributed by atoms with van der Waals surface area (Å²) in [6.07, 6.45) is -5.59. The van der Waals surface area contributed by atoms with Crippen molar-refractivity contribution < 1.29 is 32.6 Å². The fraction of sp³-hybridized carbons (Fsp3) is 0.308. The molecule has 1 aliphatic rings. The normalized spacial score (nSPS) is 15.3. The van der Waals surface area contributed by atoms with Gasteiger partial charge in [-0.05, 0) is 55.4 Å². The molecule has 2 aromatic carbocycles. The van der Waals surface area contributed by atoms with Crippen molar-refractivity contribution in [3.8, 4) is 28.1 Å². The maximum Gasteiger partial charge on any atom is 0.573 e. The van der Waals surface area contributed by atoms with Crippen LogP contribution in [-0.2, 0) is 6.54 Å². The van der Waals surface area contributed by atoms with E-state index in [-0.39, 0.29) is 30.8 Å². The van der Waals surface area contributed by atoms with Crippen molar-refractivity contribution >= 4 is 12.0 Å². The number of rotatable bonds is 8. The molecule has 37 heavy (non-hydrogen) atoms. The zero-order valence-corrected chi connectivity index (χ0v) is 20.3. The number of carboxylic acid groups (broad SMARTS) is 1. The second-order valence-corrected chi connectivity index (χ2v) is 9.06. The Balaban J connectivity index is 1.85. The minimum absolute atomic E-state index is 0.166. The first-order valence-electron chi connectivity index (χ1n) is 11.6. The Morgan fingerprint density at radius 2 is 1.89 bits per heavy atom. The van der Waals surface area contributed by atoms with Crippen LogP contribution in [0.2, 0.25) is 0 Å². The number of fused-ring (bicyclic) bond motifs is 1. The van der Waals surface area contributed by atoms with Crippen molar-refractivity contribution in [2.75, 3.05) is 27.2 Å². The molecule has 0 spiro atoms. The average Bonchev–Trinajstić information content (AvgIpc) is 3.21. The van der Waals surface area contributed by atoms with E-state index in [4.69, 9.17) is 5.11 Å². The average molecular weight is 517 g/mol. The zero-order valence-electron chi connectivity index (χ0n) is 20.3. The van der Waals surface area contributed by atoms with Crippen LogP contribution in [0.1, 0.15) is 28.5 Å². The fourth-order valence-electron chi connectivity index (χ4n) is 4.56. The molecule has 0 radical (unpaired) electrons. The van der Waals surface area contributed by atoms with Gasteiger partial charge >= 0.3 is 12.5 Å². The number of aromatic nitrogens is 1. The number of halogens is 3. The van der Waals surface area contributed by atoms with Gasteiger partial charge in [0.2, 0.25) is 0 Å². The smallest absolute Gasteiger partial charge is 0.465 e. The second-order valence-electron chi connectivity index (χ2n) is 9.06. The van der Waals surface area contributed by atoms with Crippen LogP contribution < -0.4 is 15.4 Å². The van der Waals surface area contributed by atoms with Crippen molar-refractivity contribution in [2.24, 2.45) is 0 Å². The molecule has 1 atom stereocenters. The summed E-state index contributed by atoms with van der Waals surface area (Å²) in [4.78, 5) is 25.9. The molecule has 2 amide bonds. The van der Waals surface area contributed by atoms with Crippen LogP contribution in [0.3, 0.4) is 0 Å². The molecule has 4 rings (SSSR count). The van der Waals surface area contributed by atoms with E-state index in [0.29, 0.717) is 28.9 Å². The number of alkyl halides is 3. The minimum Gasteiger partial charge on any atom is -0.465 e. The maximum atomic E-state index is 12.9. The SMILES string of the molecule is CN(C)Cc1ccc(-c2c(-c3cccc(OC(F)(F)F)c3)cc3n2[C@@H](CCNC(=O)O)CNC3=O)cc1. The van der Waals surface area contributed by atoms with Crippen LogP contribution in [0, 0.1) is 0 Å². The lowest BCUT2D eigenvalue weighted by Gasteiger charge is -2.29. The van der Waals surface area contributed by atoms with Gasteiger partial charge in [0.1, 0.15) is 11.4 Å². The van der Waals surface area contributed by atoms with Gasteiger partial charge in [-0.15, -0.1) is 13.2 Å². The Morgan fingerprint density at radius 1 is 1.16 bits per heavy atom. The molecule has 8 nitrogen and oxygen atoms in total. The van der Waals surface area contributed by atoms with E-state index in [1.54, 1.807) is 12.1 Å². The Labute approximate surface area is 211 Å². The fourth-order valence-corrected chi connectivity index (χ4v) is 4.56. The number of nitrogens with one attached hydrogen (secondary N) is 2. The standard InChI is InChI=1S/C26H27F3N4O4/c1-32(2)15-16-6-8-17(9-7-16)23-21(18-4-3-5-20(12-18)37-26(27,28)29)13-22-24(34)31-14-19(33(22)23)10-11-30-25(35)36/h3-9,12-13,19,30H,10-11,14-15H2,1-2H3,(H,31,34)(H,35,36)/t19-/m0/s1. The first-order chi connectivity index (χ1) is 17.5. The Bertz CT molecular complexity index is 1290. The van der Waals surface area contributed by atoms with Crippen LogP contribution in [0.5, 0.6) is 5.75 Å². The van der Waals surface area contributed by atoms with Crippen LogP contribution >= 0.6 is 0 Å². The third-order valence-corrected chi connectivity index (χ3v) is 5.99. The van der Waals surface area contributed by atoms with Crippen LogP contribution in [0.4, 0.5) is 18.0 Å². The molecule has 1 aromatic heterocycles. The highest BCUT2D eigenvalue weighted by Crippen LogP contribution is 2.40. The lowest BCUT2D eigenvalue weighted by Crippen LogP contribution is -2.40. The summed E-state index contributed by atoms with van der Waals surface area (Å²) in [5, 5.41) is 14.2. The van der Waals surface area contributed by atoms with Gasteiger partial charge < -0.3 is 29.9 Å². The maximum absolute atomic E-state index is 12.9. The summed E-state index contributed by atoms with van der Waals surface area (Å²) in [6, 6.07) is 14.8. The quantitative estimate of drug-likeness (QED) is 0.403. The highest BCUT2D eigenvalue weighted by molar-refractivity contribution is 5.98. The summed E-state index contributed by atoms with van der Waals surface area (Å²) in [6.45, 7) is 1.17. The second kappa shape index (κ2) is 10.6. The molecule has 2 heterocycles. The van der Waals surface area contributed by atoms with Crippen molar-refractivity contribution in [2.45, 2.75) is 25.4 Å². The molecule has 196 valence electrons. The highest BCUT2D eigenvalue weighted by Gasteiger charge is 2.33. The number of amides is 2.